The molecule has 1 heterocycles. The second-order valence-corrected chi connectivity index (χ2v) is 5.14. The van der Waals surface area contributed by atoms with E-state index in [1.165, 1.54) is 0 Å². The predicted octanol–water partition coefficient (Wildman–Crippen LogP) is 3.27. The first-order chi connectivity index (χ1) is 8.00. The molecule has 0 saturated carbocycles. The Kier molecular flexibility index (Phi) is 3.35. The fraction of sp³-hybridized carbons (Fsp3) is 0.308. The van der Waals surface area contributed by atoms with Gasteiger partial charge in [-0.25, -0.2) is 4.98 Å². The molecule has 2 N–H and O–H groups in total. The van der Waals surface area contributed by atoms with E-state index in [2.05, 4.69) is 50.6 Å². The number of rotatable bonds is 2. The highest BCUT2D eigenvalue weighted by Crippen LogP contribution is 2.26. The Labute approximate surface area is 110 Å². The number of hydrogen-bond donors (Lipinski definition) is 1. The van der Waals surface area contributed by atoms with Gasteiger partial charge in [-0.1, -0.05) is 6.07 Å². The SMILES string of the molecule is Cc1ncn(-c2ccc(C(C)N)cc2Br)c1C. The first-order valence-electron chi connectivity index (χ1n) is 5.56. The topological polar surface area (TPSA) is 43.8 Å². The van der Waals surface area contributed by atoms with Crippen molar-refractivity contribution in [1.29, 1.82) is 0 Å². The van der Waals surface area contributed by atoms with Crippen LogP contribution >= 0.6 is 15.9 Å². The van der Waals surface area contributed by atoms with Crippen molar-refractivity contribution in [2.24, 2.45) is 5.73 Å². The van der Waals surface area contributed by atoms with Crippen molar-refractivity contribution in [3.63, 3.8) is 0 Å². The predicted molar refractivity (Wildman–Crippen MR) is 73.3 cm³/mol. The molecule has 2 aromatic rings. The summed E-state index contributed by atoms with van der Waals surface area (Å²) in [6, 6.07) is 6.23. The lowest BCUT2D eigenvalue weighted by atomic mass is 10.1. The Morgan fingerprint density at radius 3 is 2.53 bits per heavy atom. The zero-order valence-corrected chi connectivity index (χ0v) is 11.8. The van der Waals surface area contributed by atoms with Gasteiger partial charge in [0.2, 0.25) is 0 Å². The van der Waals surface area contributed by atoms with Crippen LogP contribution in [0.2, 0.25) is 0 Å². The summed E-state index contributed by atoms with van der Waals surface area (Å²) in [5.41, 5.74) is 10.3. The standard InChI is InChI=1S/C13H16BrN3/c1-8(15)11-4-5-13(12(14)6-11)17-7-16-9(2)10(17)3/h4-8H,15H2,1-3H3. The molecule has 1 aromatic heterocycles. The fourth-order valence-electron chi connectivity index (χ4n) is 1.74. The highest BCUT2D eigenvalue weighted by Gasteiger charge is 2.09. The van der Waals surface area contributed by atoms with Gasteiger partial charge in [0.15, 0.2) is 0 Å². The molecule has 0 saturated heterocycles. The zero-order valence-electron chi connectivity index (χ0n) is 10.2. The van der Waals surface area contributed by atoms with Gasteiger partial charge in [0.1, 0.15) is 0 Å². The minimum absolute atomic E-state index is 0.0472. The molecule has 0 radical (unpaired) electrons. The number of nitrogens with two attached hydrogens (primary N) is 1. The average Bonchev–Trinajstić information content (AvgIpc) is 2.60. The van der Waals surface area contributed by atoms with Gasteiger partial charge in [-0.2, -0.15) is 0 Å². The Balaban J connectivity index is 2.50. The van der Waals surface area contributed by atoms with Crippen molar-refractivity contribution >= 4 is 15.9 Å². The van der Waals surface area contributed by atoms with Crippen LogP contribution in [0.5, 0.6) is 0 Å². The summed E-state index contributed by atoms with van der Waals surface area (Å²) in [5, 5.41) is 0. The highest BCUT2D eigenvalue weighted by atomic mass is 79.9. The summed E-state index contributed by atoms with van der Waals surface area (Å²) in [4.78, 5) is 4.31. The maximum absolute atomic E-state index is 5.87. The summed E-state index contributed by atoms with van der Waals surface area (Å²) < 4.78 is 3.11. The van der Waals surface area contributed by atoms with E-state index in [1.807, 2.05) is 20.2 Å². The Bertz CT molecular complexity index is 544. The van der Waals surface area contributed by atoms with Gasteiger partial charge >= 0.3 is 0 Å². The number of halogens is 1. The Morgan fingerprint density at radius 2 is 2.06 bits per heavy atom. The molecule has 90 valence electrons. The smallest absolute Gasteiger partial charge is 0.0997 e. The lowest BCUT2D eigenvalue weighted by molar-refractivity contribution is 0.816. The number of aryl methyl sites for hydroxylation is 1. The monoisotopic (exact) mass is 293 g/mol. The van der Waals surface area contributed by atoms with Crippen molar-refractivity contribution in [2.45, 2.75) is 26.8 Å². The lowest BCUT2D eigenvalue weighted by Gasteiger charge is -2.11. The molecule has 1 unspecified atom stereocenters. The minimum Gasteiger partial charge on any atom is -0.324 e. The van der Waals surface area contributed by atoms with Crippen LogP contribution in [-0.2, 0) is 0 Å². The first-order valence-corrected chi connectivity index (χ1v) is 6.36. The van der Waals surface area contributed by atoms with E-state index in [0.717, 1.165) is 27.1 Å². The number of hydrogen-bond acceptors (Lipinski definition) is 2. The van der Waals surface area contributed by atoms with Gasteiger partial charge in [-0.05, 0) is 54.4 Å². The van der Waals surface area contributed by atoms with Crippen molar-refractivity contribution in [3.05, 3.63) is 46.0 Å². The van der Waals surface area contributed by atoms with E-state index in [1.54, 1.807) is 0 Å². The quantitative estimate of drug-likeness (QED) is 0.923. The van der Waals surface area contributed by atoms with Crippen molar-refractivity contribution < 1.29 is 0 Å². The van der Waals surface area contributed by atoms with Gasteiger partial charge in [0.05, 0.1) is 17.7 Å². The Hall–Kier alpha value is -1.13. The van der Waals surface area contributed by atoms with Crippen LogP contribution in [0.4, 0.5) is 0 Å². The van der Waals surface area contributed by atoms with Crippen LogP contribution < -0.4 is 5.73 Å². The van der Waals surface area contributed by atoms with E-state index in [0.29, 0.717) is 0 Å². The lowest BCUT2D eigenvalue weighted by Crippen LogP contribution is -2.05. The minimum atomic E-state index is 0.0472. The molecule has 0 aliphatic rings. The first kappa shape index (κ1) is 12.3. The largest absolute Gasteiger partial charge is 0.324 e. The molecule has 0 fully saturated rings. The number of imidazole rings is 1. The molecule has 3 nitrogen and oxygen atoms in total. The van der Waals surface area contributed by atoms with Gasteiger partial charge < -0.3 is 10.3 Å². The summed E-state index contributed by atoms with van der Waals surface area (Å²) in [7, 11) is 0. The Morgan fingerprint density at radius 1 is 1.35 bits per heavy atom. The van der Waals surface area contributed by atoms with Crippen LogP contribution in [0.25, 0.3) is 5.69 Å². The molecule has 0 aliphatic carbocycles. The maximum atomic E-state index is 5.87. The third kappa shape index (κ3) is 2.28. The van der Waals surface area contributed by atoms with Gasteiger partial charge in [-0.3, -0.25) is 0 Å². The normalized spacial score (nSPS) is 12.8. The fourth-order valence-corrected chi connectivity index (χ4v) is 2.33. The highest BCUT2D eigenvalue weighted by molar-refractivity contribution is 9.10. The van der Waals surface area contributed by atoms with Crippen molar-refractivity contribution in [1.82, 2.24) is 9.55 Å². The second-order valence-electron chi connectivity index (χ2n) is 4.28. The van der Waals surface area contributed by atoms with E-state index in [4.69, 9.17) is 5.73 Å². The van der Waals surface area contributed by atoms with Crippen LogP contribution in [-0.4, -0.2) is 9.55 Å². The number of nitrogens with zero attached hydrogens (tertiary/aromatic N) is 2. The number of aromatic nitrogens is 2. The molecule has 1 atom stereocenters. The third-order valence-corrected chi connectivity index (χ3v) is 3.64. The van der Waals surface area contributed by atoms with Crippen LogP contribution in [0, 0.1) is 13.8 Å². The molecule has 0 spiro atoms. The molecule has 0 aliphatic heterocycles. The molecular formula is C13H16BrN3. The molecule has 0 bridgehead atoms. The van der Waals surface area contributed by atoms with Gasteiger partial charge in [0, 0.05) is 16.2 Å². The van der Waals surface area contributed by atoms with Crippen LogP contribution in [0.1, 0.15) is 29.9 Å². The summed E-state index contributed by atoms with van der Waals surface area (Å²) in [5.74, 6) is 0. The van der Waals surface area contributed by atoms with Crippen molar-refractivity contribution in [2.75, 3.05) is 0 Å². The summed E-state index contributed by atoms with van der Waals surface area (Å²) >= 11 is 3.59. The maximum Gasteiger partial charge on any atom is 0.0997 e. The summed E-state index contributed by atoms with van der Waals surface area (Å²) in [6.07, 6.45) is 1.84. The molecule has 0 amide bonds. The summed E-state index contributed by atoms with van der Waals surface area (Å²) in [6.45, 7) is 6.05. The zero-order chi connectivity index (χ0) is 12.6. The molecule has 2 rings (SSSR count). The van der Waals surface area contributed by atoms with Gasteiger partial charge in [0.25, 0.3) is 0 Å². The molecule has 4 heteroatoms. The van der Waals surface area contributed by atoms with E-state index < -0.39 is 0 Å². The van der Waals surface area contributed by atoms with E-state index in [-0.39, 0.29) is 6.04 Å². The molecule has 17 heavy (non-hydrogen) atoms. The average molecular weight is 294 g/mol. The van der Waals surface area contributed by atoms with E-state index >= 15 is 0 Å². The third-order valence-electron chi connectivity index (χ3n) is 3.01. The van der Waals surface area contributed by atoms with Crippen LogP contribution in [0.3, 0.4) is 0 Å². The van der Waals surface area contributed by atoms with Gasteiger partial charge in [-0.15, -0.1) is 0 Å². The second kappa shape index (κ2) is 4.63. The van der Waals surface area contributed by atoms with E-state index in [9.17, 15) is 0 Å². The molecule has 1 aromatic carbocycles. The van der Waals surface area contributed by atoms with Crippen LogP contribution in [0.15, 0.2) is 29.0 Å². The van der Waals surface area contributed by atoms with Crippen molar-refractivity contribution in [3.8, 4) is 5.69 Å². The molecular weight excluding hydrogens is 278 g/mol. The number of benzene rings is 1.